The molecule has 1 aromatic rings. The van der Waals surface area contributed by atoms with Gasteiger partial charge in [-0.3, -0.25) is 4.98 Å². The van der Waals surface area contributed by atoms with E-state index in [1.54, 1.807) is 12.4 Å². The van der Waals surface area contributed by atoms with Crippen LogP contribution in [0, 0.1) is 0 Å². The Morgan fingerprint density at radius 1 is 1.67 bits per heavy atom. The first kappa shape index (κ1) is 7.09. The fraction of sp³-hybridized carbons (Fsp3) is 0.250. The first-order chi connectivity index (χ1) is 5.86. The number of nitrogens with one attached hydrogen (secondary N) is 1. The van der Waals surface area contributed by atoms with Gasteiger partial charge in [-0.2, -0.15) is 0 Å². The van der Waals surface area contributed by atoms with Crippen molar-refractivity contribution >= 4 is 6.09 Å². The summed E-state index contributed by atoms with van der Waals surface area (Å²) in [6, 6.07) is 3.71. The molecule has 62 valence electrons. The lowest BCUT2D eigenvalue weighted by atomic mass is 10.1. The van der Waals surface area contributed by atoms with Crippen LogP contribution in [0.2, 0.25) is 0 Å². The number of alkyl carbamates (subject to hydrolysis) is 1. The van der Waals surface area contributed by atoms with Crippen molar-refractivity contribution in [3.63, 3.8) is 0 Å². The molecule has 0 spiro atoms. The summed E-state index contributed by atoms with van der Waals surface area (Å²) in [7, 11) is 0. The van der Waals surface area contributed by atoms with Crippen LogP contribution in [0.1, 0.15) is 11.6 Å². The van der Waals surface area contributed by atoms with Crippen LogP contribution in [-0.4, -0.2) is 17.7 Å². The average Bonchev–Trinajstić information content (AvgIpc) is 2.54. The van der Waals surface area contributed by atoms with Gasteiger partial charge >= 0.3 is 6.09 Å². The van der Waals surface area contributed by atoms with Gasteiger partial charge in [0.25, 0.3) is 0 Å². The first-order valence-corrected chi connectivity index (χ1v) is 3.69. The third-order valence-electron chi connectivity index (χ3n) is 1.76. The predicted molar refractivity (Wildman–Crippen MR) is 41.5 cm³/mol. The highest BCUT2D eigenvalue weighted by molar-refractivity contribution is 5.69. The molecule has 2 heterocycles. The standard InChI is InChI=1S/C8H8N2O2/c11-8-10-7(5-12-8)6-2-1-3-9-4-6/h1-4,7H,5H2,(H,10,11)/t7-/m1/s1. The van der Waals surface area contributed by atoms with Gasteiger partial charge in [0, 0.05) is 12.4 Å². The van der Waals surface area contributed by atoms with Crippen molar-refractivity contribution in [1.82, 2.24) is 10.3 Å². The lowest BCUT2D eigenvalue weighted by Gasteiger charge is -2.04. The Morgan fingerprint density at radius 3 is 3.17 bits per heavy atom. The molecule has 1 N–H and O–H groups in total. The molecule has 0 radical (unpaired) electrons. The molecule has 0 saturated carbocycles. The molecule has 1 fully saturated rings. The maximum absolute atomic E-state index is 10.7. The fourth-order valence-electron chi connectivity index (χ4n) is 1.15. The van der Waals surface area contributed by atoms with Gasteiger partial charge in [-0.05, 0) is 11.6 Å². The Balaban J connectivity index is 2.16. The van der Waals surface area contributed by atoms with Gasteiger partial charge in [-0.25, -0.2) is 4.79 Å². The second kappa shape index (κ2) is 2.81. The minimum atomic E-state index is -0.358. The van der Waals surface area contributed by atoms with Crippen molar-refractivity contribution in [2.75, 3.05) is 6.61 Å². The van der Waals surface area contributed by atoms with Crippen molar-refractivity contribution in [2.24, 2.45) is 0 Å². The Morgan fingerprint density at radius 2 is 2.58 bits per heavy atom. The van der Waals surface area contributed by atoms with Crippen molar-refractivity contribution in [1.29, 1.82) is 0 Å². The molecule has 1 aromatic heterocycles. The summed E-state index contributed by atoms with van der Waals surface area (Å²) in [5.41, 5.74) is 0.975. The zero-order chi connectivity index (χ0) is 8.39. The van der Waals surface area contributed by atoms with E-state index >= 15 is 0 Å². The highest BCUT2D eigenvalue weighted by atomic mass is 16.6. The van der Waals surface area contributed by atoms with Crippen LogP contribution in [0.5, 0.6) is 0 Å². The third kappa shape index (κ3) is 1.23. The summed E-state index contributed by atoms with van der Waals surface area (Å²) in [4.78, 5) is 14.6. The van der Waals surface area contributed by atoms with E-state index in [4.69, 9.17) is 4.74 Å². The summed E-state index contributed by atoms with van der Waals surface area (Å²) in [5.74, 6) is 0. The fourth-order valence-corrected chi connectivity index (χ4v) is 1.15. The summed E-state index contributed by atoms with van der Waals surface area (Å²) in [6.45, 7) is 0.393. The van der Waals surface area contributed by atoms with Crippen LogP contribution in [0.4, 0.5) is 4.79 Å². The lowest BCUT2D eigenvalue weighted by Crippen LogP contribution is -2.18. The van der Waals surface area contributed by atoms with E-state index in [0.29, 0.717) is 6.61 Å². The number of rotatable bonds is 1. The molecule has 0 unspecified atom stereocenters. The van der Waals surface area contributed by atoms with Crippen LogP contribution in [0.3, 0.4) is 0 Å². The van der Waals surface area contributed by atoms with Crippen LogP contribution >= 0.6 is 0 Å². The molecule has 1 saturated heterocycles. The van der Waals surface area contributed by atoms with Crippen LogP contribution < -0.4 is 5.32 Å². The average molecular weight is 164 g/mol. The van der Waals surface area contributed by atoms with Crippen LogP contribution in [0.25, 0.3) is 0 Å². The number of pyridine rings is 1. The first-order valence-electron chi connectivity index (χ1n) is 3.69. The molecular weight excluding hydrogens is 156 g/mol. The SMILES string of the molecule is O=C1N[C@@H](c2cccnc2)CO1. The monoisotopic (exact) mass is 164 g/mol. The number of carbonyl (C=O) groups is 1. The maximum atomic E-state index is 10.7. The number of hydrogen-bond acceptors (Lipinski definition) is 3. The van der Waals surface area contributed by atoms with Gasteiger partial charge in [0.2, 0.25) is 0 Å². The predicted octanol–water partition coefficient (Wildman–Crippen LogP) is 0.863. The third-order valence-corrected chi connectivity index (χ3v) is 1.76. The molecule has 1 aliphatic heterocycles. The van der Waals surface area contributed by atoms with Gasteiger partial charge < -0.3 is 10.1 Å². The number of hydrogen-bond donors (Lipinski definition) is 1. The van der Waals surface area contributed by atoms with Gasteiger partial charge in [-0.1, -0.05) is 6.07 Å². The molecule has 0 aliphatic carbocycles. The Kier molecular flexibility index (Phi) is 1.66. The van der Waals surface area contributed by atoms with E-state index in [0.717, 1.165) is 5.56 Å². The number of aromatic nitrogens is 1. The molecule has 4 heteroatoms. The minimum absolute atomic E-state index is 0.0359. The molecule has 4 nitrogen and oxygen atoms in total. The number of ether oxygens (including phenoxy) is 1. The topological polar surface area (TPSA) is 51.2 Å². The van der Waals surface area contributed by atoms with Crippen LogP contribution in [0.15, 0.2) is 24.5 Å². The Labute approximate surface area is 69.6 Å². The summed E-state index contributed by atoms with van der Waals surface area (Å²) in [6.07, 6.45) is 3.06. The van der Waals surface area contributed by atoms with Crippen molar-refractivity contribution in [2.45, 2.75) is 6.04 Å². The smallest absolute Gasteiger partial charge is 0.407 e. The lowest BCUT2D eigenvalue weighted by molar-refractivity contribution is 0.177. The zero-order valence-corrected chi connectivity index (χ0v) is 6.36. The quantitative estimate of drug-likeness (QED) is 0.669. The molecule has 2 rings (SSSR count). The molecular formula is C8H8N2O2. The van der Waals surface area contributed by atoms with Crippen molar-refractivity contribution < 1.29 is 9.53 Å². The number of cyclic esters (lactones) is 1. The van der Waals surface area contributed by atoms with Crippen molar-refractivity contribution in [3.8, 4) is 0 Å². The largest absolute Gasteiger partial charge is 0.447 e. The number of amides is 1. The van der Waals surface area contributed by atoms with Crippen LogP contribution in [-0.2, 0) is 4.74 Å². The van der Waals surface area contributed by atoms with Gasteiger partial charge in [0.1, 0.15) is 6.61 Å². The highest BCUT2D eigenvalue weighted by Crippen LogP contribution is 2.15. The number of carbonyl (C=O) groups excluding carboxylic acids is 1. The second-order valence-corrected chi connectivity index (χ2v) is 2.58. The van der Waals surface area contributed by atoms with Gasteiger partial charge in [0.15, 0.2) is 0 Å². The molecule has 0 bridgehead atoms. The van der Waals surface area contributed by atoms with E-state index in [9.17, 15) is 4.79 Å². The molecule has 1 atom stereocenters. The Bertz CT molecular complexity index is 286. The summed E-state index contributed by atoms with van der Waals surface area (Å²) >= 11 is 0. The van der Waals surface area contributed by atoms with E-state index in [-0.39, 0.29) is 12.1 Å². The molecule has 0 aromatic carbocycles. The summed E-state index contributed by atoms with van der Waals surface area (Å²) in [5, 5.41) is 2.67. The second-order valence-electron chi connectivity index (χ2n) is 2.58. The molecule has 12 heavy (non-hydrogen) atoms. The van der Waals surface area contributed by atoms with Gasteiger partial charge in [-0.15, -0.1) is 0 Å². The molecule has 1 amide bonds. The van der Waals surface area contributed by atoms with E-state index in [2.05, 4.69) is 10.3 Å². The maximum Gasteiger partial charge on any atom is 0.407 e. The van der Waals surface area contributed by atoms with Crippen molar-refractivity contribution in [3.05, 3.63) is 30.1 Å². The van der Waals surface area contributed by atoms with E-state index < -0.39 is 0 Å². The molecule has 1 aliphatic rings. The summed E-state index contributed by atoms with van der Waals surface area (Å²) < 4.78 is 4.74. The normalized spacial score (nSPS) is 21.7. The number of nitrogens with zero attached hydrogens (tertiary/aromatic N) is 1. The Hall–Kier alpha value is -1.58. The highest BCUT2D eigenvalue weighted by Gasteiger charge is 2.23. The van der Waals surface area contributed by atoms with E-state index in [1.807, 2.05) is 12.1 Å². The van der Waals surface area contributed by atoms with Gasteiger partial charge in [0.05, 0.1) is 6.04 Å². The van der Waals surface area contributed by atoms with E-state index in [1.165, 1.54) is 0 Å². The zero-order valence-electron chi connectivity index (χ0n) is 6.36. The minimum Gasteiger partial charge on any atom is -0.447 e.